The van der Waals surface area contributed by atoms with Crippen LogP contribution in [0.2, 0.25) is 5.02 Å². The maximum Gasteiger partial charge on any atom is 0.434 e. The number of benzene rings is 2. The Hall–Kier alpha value is -2.54. The SMILES string of the molecule is Cc1c(Br)ccc(F)c1[C@@H](C)[C@H](NS(=O)(=O)c1ccc(Cl)cc1C(N)=O)c1n[nH]c(=O)o1. The summed E-state index contributed by atoms with van der Waals surface area (Å²) in [5.74, 6) is -3.74. The number of carbonyl (C=O) groups excluding carboxylic acids is 1. The minimum Gasteiger partial charge on any atom is -0.391 e. The average Bonchev–Trinajstić information content (AvgIpc) is 3.15. The van der Waals surface area contributed by atoms with E-state index in [9.17, 15) is 22.4 Å². The molecule has 3 aromatic rings. The molecule has 0 aliphatic heterocycles. The van der Waals surface area contributed by atoms with Crippen molar-refractivity contribution in [2.24, 2.45) is 5.73 Å². The van der Waals surface area contributed by atoms with Gasteiger partial charge >= 0.3 is 5.76 Å². The molecule has 13 heteroatoms. The summed E-state index contributed by atoms with van der Waals surface area (Å²) in [6.07, 6.45) is 0. The van der Waals surface area contributed by atoms with Crippen LogP contribution in [0.3, 0.4) is 0 Å². The lowest BCUT2D eigenvalue weighted by molar-refractivity contribution is 0.0997. The molecule has 2 aromatic carbocycles. The molecule has 0 saturated carbocycles. The van der Waals surface area contributed by atoms with Crippen molar-refractivity contribution in [1.82, 2.24) is 14.9 Å². The number of sulfonamides is 1. The number of hydrogen-bond acceptors (Lipinski definition) is 6. The largest absolute Gasteiger partial charge is 0.434 e. The van der Waals surface area contributed by atoms with E-state index in [1.54, 1.807) is 6.92 Å². The quantitative estimate of drug-likeness (QED) is 0.414. The number of hydrogen-bond donors (Lipinski definition) is 3. The monoisotopic (exact) mass is 546 g/mol. The van der Waals surface area contributed by atoms with Gasteiger partial charge in [-0.3, -0.25) is 4.79 Å². The van der Waals surface area contributed by atoms with E-state index in [1.807, 2.05) is 0 Å². The Labute approximate surface area is 195 Å². The molecule has 9 nitrogen and oxygen atoms in total. The molecule has 1 heterocycles. The topological polar surface area (TPSA) is 148 Å². The third kappa shape index (κ3) is 4.77. The maximum atomic E-state index is 14.7. The fourth-order valence-electron chi connectivity index (χ4n) is 3.29. The number of nitrogens with two attached hydrogens (primary N) is 1. The molecule has 170 valence electrons. The van der Waals surface area contributed by atoms with E-state index in [4.69, 9.17) is 21.8 Å². The summed E-state index contributed by atoms with van der Waals surface area (Å²) in [7, 11) is -4.44. The second kappa shape index (κ2) is 9.14. The second-order valence-corrected chi connectivity index (χ2v) is 9.88. The Morgan fingerprint density at radius 3 is 2.62 bits per heavy atom. The van der Waals surface area contributed by atoms with Gasteiger partial charge in [-0.25, -0.2) is 22.7 Å². The number of aromatic nitrogens is 2. The molecule has 4 N–H and O–H groups in total. The Kier molecular flexibility index (Phi) is 6.89. The number of halogens is 3. The first-order valence-corrected chi connectivity index (χ1v) is 11.7. The van der Waals surface area contributed by atoms with Crippen LogP contribution in [0.1, 0.15) is 46.3 Å². The Morgan fingerprint density at radius 1 is 1.34 bits per heavy atom. The molecule has 0 bridgehead atoms. The first kappa shape index (κ1) is 24.1. The van der Waals surface area contributed by atoms with Crippen molar-refractivity contribution >= 4 is 43.5 Å². The zero-order valence-electron chi connectivity index (χ0n) is 16.6. The predicted octanol–water partition coefficient (Wildman–Crippen LogP) is 3.15. The van der Waals surface area contributed by atoms with Crippen LogP contribution in [0.5, 0.6) is 0 Å². The Bertz CT molecular complexity index is 1360. The summed E-state index contributed by atoms with van der Waals surface area (Å²) in [4.78, 5) is 22.9. The average molecular weight is 548 g/mol. The highest BCUT2D eigenvalue weighted by molar-refractivity contribution is 9.10. The Morgan fingerprint density at radius 2 is 2.03 bits per heavy atom. The van der Waals surface area contributed by atoms with Crippen molar-refractivity contribution in [3.05, 3.63) is 78.8 Å². The highest BCUT2D eigenvalue weighted by Crippen LogP contribution is 2.36. The van der Waals surface area contributed by atoms with E-state index in [1.165, 1.54) is 25.1 Å². The summed E-state index contributed by atoms with van der Waals surface area (Å²) in [5.41, 5.74) is 5.66. The van der Waals surface area contributed by atoms with Crippen molar-refractivity contribution in [2.45, 2.75) is 30.7 Å². The third-order valence-electron chi connectivity index (χ3n) is 4.85. The lowest BCUT2D eigenvalue weighted by Gasteiger charge is -2.25. The third-order valence-corrected chi connectivity index (χ3v) is 7.44. The van der Waals surface area contributed by atoms with Gasteiger partial charge in [0, 0.05) is 15.4 Å². The first-order valence-electron chi connectivity index (χ1n) is 9.04. The highest BCUT2D eigenvalue weighted by atomic mass is 79.9. The van der Waals surface area contributed by atoms with Crippen LogP contribution in [0.25, 0.3) is 0 Å². The van der Waals surface area contributed by atoms with Crippen molar-refractivity contribution in [2.75, 3.05) is 0 Å². The maximum absolute atomic E-state index is 14.7. The van der Waals surface area contributed by atoms with Crippen molar-refractivity contribution in [3.8, 4) is 0 Å². The normalized spacial score (nSPS) is 13.7. The molecule has 0 spiro atoms. The number of amides is 1. The van der Waals surface area contributed by atoms with Crippen LogP contribution in [0.15, 0.2) is 48.9 Å². The molecular formula is C19H17BrClFN4O5S. The van der Waals surface area contributed by atoms with Crippen LogP contribution in [-0.2, 0) is 10.0 Å². The van der Waals surface area contributed by atoms with Gasteiger partial charge in [0.2, 0.25) is 21.8 Å². The van der Waals surface area contributed by atoms with Gasteiger partial charge in [-0.2, -0.15) is 4.72 Å². The number of nitrogens with one attached hydrogen (secondary N) is 2. The molecule has 32 heavy (non-hydrogen) atoms. The van der Waals surface area contributed by atoms with Crippen LogP contribution < -0.4 is 16.2 Å². The van der Waals surface area contributed by atoms with Crippen molar-refractivity contribution < 1.29 is 22.0 Å². The number of carbonyl (C=O) groups is 1. The van der Waals surface area contributed by atoms with Gasteiger partial charge in [0.15, 0.2) is 0 Å². The van der Waals surface area contributed by atoms with Gasteiger partial charge in [-0.15, -0.1) is 5.10 Å². The zero-order valence-corrected chi connectivity index (χ0v) is 19.8. The molecule has 1 amide bonds. The van der Waals surface area contributed by atoms with Crippen molar-refractivity contribution in [3.63, 3.8) is 0 Å². The van der Waals surface area contributed by atoms with Crippen LogP contribution >= 0.6 is 27.5 Å². The molecule has 0 radical (unpaired) electrons. The minimum absolute atomic E-state index is 0.104. The van der Waals surface area contributed by atoms with Crippen molar-refractivity contribution in [1.29, 1.82) is 0 Å². The van der Waals surface area contributed by atoms with E-state index < -0.39 is 44.4 Å². The lowest BCUT2D eigenvalue weighted by atomic mass is 9.90. The number of rotatable bonds is 7. The van der Waals surface area contributed by atoms with Crippen LogP contribution in [-0.4, -0.2) is 24.5 Å². The van der Waals surface area contributed by atoms with E-state index in [0.29, 0.717) is 10.0 Å². The number of nitrogens with zero attached hydrogens (tertiary/aromatic N) is 1. The number of primary amides is 1. The molecule has 0 aliphatic carbocycles. The minimum atomic E-state index is -4.44. The predicted molar refractivity (Wildman–Crippen MR) is 117 cm³/mol. The number of aromatic amines is 1. The summed E-state index contributed by atoms with van der Waals surface area (Å²) in [6.45, 7) is 3.19. The van der Waals surface area contributed by atoms with Gasteiger partial charge in [-0.05, 0) is 48.4 Å². The van der Waals surface area contributed by atoms with E-state index in [0.717, 1.165) is 12.1 Å². The van der Waals surface area contributed by atoms with E-state index >= 15 is 0 Å². The van der Waals surface area contributed by atoms with Gasteiger partial charge in [-0.1, -0.05) is 34.5 Å². The molecule has 0 fully saturated rings. The summed E-state index contributed by atoms with van der Waals surface area (Å²) in [5, 5.41) is 5.88. The molecule has 2 atom stereocenters. The number of H-pyrrole nitrogens is 1. The first-order chi connectivity index (χ1) is 14.9. The summed E-state index contributed by atoms with van der Waals surface area (Å²) >= 11 is 9.19. The van der Waals surface area contributed by atoms with E-state index in [-0.39, 0.29) is 22.0 Å². The Balaban J connectivity index is 2.14. The molecule has 1 aromatic heterocycles. The fraction of sp³-hybridized carbons (Fsp3) is 0.211. The van der Waals surface area contributed by atoms with Gasteiger partial charge in [0.05, 0.1) is 10.5 Å². The zero-order chi connectivity index (χ0) is 23.8. The second-order valence-electron chi connectivity index (χ2n) is 6.91. The van der Waals surface area contributed by atoms with Gasteiger partial charge < -0.3 is 10.2 Å². The standard InChI is InChI=1S/C19H17BrClFN4O5S/c1-8-12(20)4-5-13(22)15(8)9(2)16(18-24-25-19(28)31-18)26-32(29,30)14-6-3-10(21)7-11(14)17(23)27/h3-7,9,16,26H,1-2H3,(H2,23,27)(H,25,28)/t9-,16+/m1/s1. The highest BCUT2D eigenvalue weighted by Gasteiger charge is 2.34. The molecule has 0 unspecified atom stereocenters. The van der Waals surface area contributed by atoms with Gasteiger partial charge in [0.25, 0.3) is 0 Å². The molecule has 3 rings (SSSR count). The smallest absolute Gasteiger partial charge is 0.391 e. The van der Waals surface area contributed by atoms with Crippen LogP contribution in [0, 0.1) is 12.7 Å². The molecular weight excluding hydrogens is 531 g/mol. The molecule has 0 aliphatic rings. The van der Waals surface area contributed by atoms with Gasteiger partial charge in [0.1, 0.15) is 11.9 Å². The lowest BCUT2D eigenvalue weighted by Crippen LogP contribution is -2.34. The van der Waals surface area contributed by atoms with Crippen LogP contribution in [0.4, 0.5) is 4.39 Å². The fourth-order valence-corrected chi connectivity index (χ4v) is 5.28. The molecule has 0 saturated heterocycles. The summed E-state index contributed by atoms with van der Waals surface area (Å²) < 4.78 is 49.1. The van der Waals surface area contributed by atoms with E-state index in [2.05, 4.69) is 30.8 Å². The summed E-state index contributed by atoms with van der Waals surface area (Å²) in [6, 6.07) is 4.91.